The van der Waals surface area contributed by atoms with Crippen LogP contribution in [0.3, 0.4) is 0 Å². The lowest BCUT2D eigenvalue weighted by molar-refractivity contribution is -0.384. The number of carbonyl (C=O) groups is 2. The first-order valence-electron chi connectivity index (χ1n) is 8.73. The van der Waals surface area contributed by atoms with Crippen LogP contribution in [0.15, 0.2) is 54.6 Å². The average molecular weight is 369 g/mol. The predicted octanol–water partition coefficient (Wildman–Crippen LogP) is 3.32. The number of nitrogens with one attached hydrogen (secondary N) is 1. The van der Waals surface area contributed by atoms with Gasteiger partial charge in [0.2, 0.25) is 5.91 Å². The molecule has 0 aliphatic carbocycles. The fraction of sp³-hybridized carbons (Fsp3) is 0.300. The summed E-state index contributed by atoms with van der Waals surface area (Å²) in [6, 6.07) is 14.9. The first-order chi connectivity index (χ1) is 12.9. The molecule has 0 aliphatic rings. The van der Waals surface area contributed by atoms with E-state index >= 15 is 0 Å². The van der Waals surface area contributed by atoms with Crippen molar-refractivity contribution in [3.63, 3.8) is 0 Å². The fourth-order valence-corrected chi connectivity index (χ4v) is 2.65. The quantitative estimate of drug-likeness (QED) is 0.439. The number of non-ortho nitro benzene ring substituents is 1. The van der Waals surface area contributed by atoms with E-state index in [0.717, 1.165) is 0 Å². The SMILES string of the molecule is CC(c1cccc([N+](=O)[O-])c1)N(C)C(=O)CCCNC(=O)c1ccccc1. The summed E-state index contributed by atoms with van der Waals surface area (Å²) in [5.74, 6) is -0.246. The third-order valence-corrected chi connectivity index (χ3v) is 4.43. The van der Waals surface area contributed by atoms with Crippen LogP contribution < -0.4 is 5.32 Å². The normalized spacial score (nSPS) is 11.5. The summed E-state index contributed by atoms with van der Waals surface area (Å²) in [7, 11) is 1.67. The number of carbonyl (C=O) groups excluding carboxylic acids is 2. The molecule has 0 fully saturated rings. The molecule has 0 bridgehead atoms. The molecule has 2 rings (SSSR count). The molecule has 2 aromatic rings. The maximum atomic E-state index is 12.4. The van der Waals surface area contributed by atoms with Gasteiger partial charge in [-0.1, -0.05) is 30.3 Å². The number of rotatable bonds is 8. The van der Waals surface area contributed by atoms with Gasteiger partial charge in [-0.25, -0.2) is 0 Å². The summed E-state index contributed by atoms with van der Waals surface area (Å²) in [5, 5.41) is 13.7. The lowest BCUT2D eigenvalue weighted by Gasteiger charge is -2.25. The van der Waals surface area contributed by atoms with Crippen LogP contribution >= 0.6 is 0 Å². The molecular weight excluding hydrogens is 346 g/mol. The maximum Gasteiger partial charge on any atom is 0.269 e. The Morgan fingerprint density at radius 3 is 2.52 bits per heavy atom. The smallest absolute Gasteiger partial charge is 0.269 e. The van der Waals surface area contributed by atoms with Crippen molar-refractivity contribution in [1.82, 2.24) is 10.2 Å². The molecule has 0 saturated heterocycles. The highest BCUT2D eigenvalue weighted by molar-refractivity contribution is 5.94. The lowest BCUT2D eigenvalue weighted by Crippen LogP contribution is -2.31. The van der Waals surface area contributed by atoms with Gasteiger partial charge in [0, 0.05) is 37.7 Å². The monoisotopic (exact) mass is 369 g/mol. The molecule has 1 N–H and O–H groups in total. The van der Waals surface area contributed by atoms with Crippen LogP contribution in [0.2, 0.25) is 0 Å². The Morgan fingerprint density at radius 1 is 1.15 bits per heavy atom. The zero-order valence-electron chi connectivity index (χ0n) is 15.4. The van der Waals surface area contributed by atoms with Gasteiger partial charge in [-0.15, -0.1) is 0 Å². The molecule has 27 heavy (non-hydrogen) atoms. The Hall–Kier alpha value is -3.22. The van der Waals surface area contributed by atoms with E-state index in [1.54, 1.807) is 48.3 Å². The van der Waals surface area contributed by atoms with E-state index in [2.05, 4.69) is 5.32 Å². The van der Waals surface area contributed by atoms with Crippen LogP contribution in [0, 0.1) is 10.1 Å². The van der Waals surface area contributed by atoms with Crippen molar-refractivity contribution in [2.75, 3.05) is 13.6 Å². The summed E-state index contributed by atoms with van der Waals surface area (Å²) in [6.45, 7) is 2.23. The molecule has 1 atom stereocenters. The van der Waals surface area contributed by atoms with E-state index in [9.17, 15) is 19.7 Å². The van der Waals surface area contributed by atoms with Gasteiger partial charge in [0.15, 0.2) is 0 Å². The Labute approximate surface area is 158 Å². The number of hydrogen-bond acceptors (Lipinski definition) is 4. The Morgan fingerprint density at radius 2 is 1.85 bits per heavy atom. The summed E-state index contributed by atoms with van der Waals surface area (Å²) in [4.78, 5) is 36.3. The van der Waals surface area contributed by atoms with Crippen LogP contribution in [0.1, 0.15) is 41.7 Å². The number of nitro groups is 1. The molecule has 0 aromatic heterocycles. The average Bonchev–Trinajstić information content (AvgIpc) is 2.70. The fourth-order valence-electron chi connectivity index (χ4n) is 2.65. The molecule has 0 saturated carbocycles. The van der Waals surface area contributed by atoms with Gasteiger partial charge >= 0.3 is 0 Å². The second-order valence-electron chi connectivity index (χ2n) is 6.26. The highest BCUT2D eigenvalue weighted by atomic mass is 16.6. The minimum atomic E-state index is -0.451. The van der Waals surface area contributed by atoms with Gasteiger partial charge in [-0.05, 0) is 31.0 Å². The summed E-state index contributed by atoms with van der Waals surface area (Å²) in [6.07, 6.45) is 0.800. The number of hydrogen-bond donors (Lipinski definition) is 1. The van der Waals surface area contributed by atoms with Gasteiger partial charge < -0.3 is 10.2 Å². The minimum absolute atomic E-state index is 0.00354. The van der Waals surface area contributed by atoms with E-state index in [4.69, 9.17) is 0 Å². The Bertz CT molecular complexity index is 808. The molecule has 0 aliphatic heterocycles. The van der Waals surface area contributed by atoms with Crippen LogP contribution in [-0.2, 0) is 4.79 Å². The van der Waals surface area contributed by atoms with Crippen LogP contribution in [0.5, 0.6) is 0 Å². The van der Waals surface area contributed by atoms with Crippen molar-refractivity contribution in [3.8, 4) is 0 Å². The summed E-state index contributed by atoms with van der Waals surface area (Å²) in [5.41, 5.74) is 1.29. The van der Waals surface area contributed by atoms with E-state index < -0.39 is 4.92 Å². The molecule has 0 radical (unpaired) electrons. The Kier molecular flexibility index (Phi) is 7.05. The minimum Gasteiger partial charge on any atom is -0.352 e. The lowest BCUT2D eigenvalue weighted by atomic mass is 10.1. The third kappa shape index (κ3) is 5.64. The zero-order chi connectivity index (χ0) is 19.8. The highest BCUT2D eigenvalue weighted by Gasteiger charge is 2.19. The van der Waals surface area contributed by atoms with Crippen molar-refractivity contribution in [2.24, 2.45) is 0 Å². The molecule has 2 aromatic carbocycles. The maximum absolute atomic E-state index is 12.4. The molecule has 7 heteroatoms. The summed E-state index contributed by atoms with van der Waals surface area (Å²) >= 11 is 0. The zero-order valence-corrected chi connectivity index (χ0v) is 15.4. The number of nitro benzene ring substituents is 1. The number of nitrogens with zero attached hydrogens (tertiary/aromatic N) is 2. The van der Waals surface area contributed by atoms with Crippen molar-refractivity contribution in [1.29, 1.82) is 0 Å². The van der Waals surface area contributed by atoms with Gasteiger partial charge in [-0.2, -0.15) is 0 Å². The largest absolute Gasteiger partial charge is 0.352 e. The third-order valence-electron chi connectivity index (χ3n) is 4.43. The molecule has 1 unspecified atom stereocenters. The second kappa shape index (κ2) is 9.47. The van der Waals surface area contributed by atoms with E-state index in [0.29, 0.717) is 24.1 Å². The first kappa shape index (κ1) is 20.1. The van der Waals surface area contributed by atoms with E-state index in [-0.39, 0.29) is 30.0 Å². The molecule has 0 heterocycles. The molecule has 7 nitrogen and oxygen atoms in total. The molecular formula is C20H23N3O4. The Balaban J connectivity index is 1.82. The van der Waals surface area contributed by atoms with E-state index in [1.165, 1.54) is 12.1 Å². The standard InChI is InChI=1S/C20H23N3O4/c1-15(17-10-6-11-18(14-17)23(26)27)22(2)19(24)12-7-13-21-20(25)16-8-4-3-5-9-16/h3-6,8-11,14-15H,7,12-13H2,1-2H3,(H,21,25). The van der Waals surface area contributed by atoms with Crippen molar-refractivity contribution in [3.05, 3.63) is 75.8 Å². The van der Waals surface area contributed by atoms with E-state index in [1.807, 2.05) is 13.0 Å². The molecule has 2 amide bonds. The first-order valence-corrected chi connectivity index (χ1v) is 8.73. The second-order valence-corrected chi connectivity index (χ2v) is 6.26. The predicted molar refractivity (Wildman–Crippen MR) is 102 cm³/mol. The molecule has 142 valence electrons. The van der Waals surface area contributed by atoms with Crippen LogP contribution in [0.25, 0.3) is 0 Å². The van der Waals surface area contributed by atoms with Crippen molar-refractivity contribution in [2.45, 2.75) is 25.8 Å². The van der Waals surface area contributed by atoms with Gasteiger partial charge in [0.1, 0.15) is 0 Å². The van der Waals surface area contributed by atoms with Crippen LogP contribution in [0.4, 0.5) is 5.69 Å². The van der Waals surface area contributed by atoms with Gasteiger partial charge in [0.05, 0.1) is 11.0 Å². The highest BCUT2D eigenvalue weighted by Crippen LogP contribution is 2.23. The van der Waals surface area contributed by atoms with Gasteiger partial charge in [-0.3, -0.25) is 19.7 Å². The van der Waals surface area contributed by atoms with Crippen molar-refractivity contribution >= 4 is 17.5 Å². The number of benzene rings is 2. The summed E-state index contributed by atoms with van der Waals surface area (Å²) < 4.78 is 0. The molecule has 0 spiro atoms. The number of amides is 2. The van der Waals surface area contributed by atoms with Crippen molar-refractivity contribution < 1.29 is 14.5 Å². The van der Waals surface area contributed by atoms with Gasteiger partial charge in [0.25, 0.3) is 11.6 Å². The topological polar surface area (TPSA) is 92.6 Å². The van der Waals surface area contributed by atoms with Crippen LogP contribution in [-0.4, -0.2) is 35.2 Å².